The number of rotatable bonds is 5. The fourth-order valence-electron chi connectivity index (χ4n) is 9.83. The molecule has 5 nitrogen and oxygen atoms in total. The van der Waals surface area contributed by atoms with E-state index >= 15 is 0 Å². The number of hydrogen-bond acceptors (Lipinski definition) is 5. The maximum atomic E-state index is 12.7. The molecule has 2 N–H and O–H groups in total. The molecular formula is C29H45NO4. The van der Waals surface area contributed by atoms with Gasteiger partial charge in [0.15, 0.2) is 0 Å². The van der Waals surface area contributed by atoms with Crippen LogP contribution in [0.3, 0.4) is 0 Å². The highest BCUT2D eigenvalue weighted by Crippen LogP contribution is 2.72. The molecule has 8 atom stereocenters. The van der Waals surface area contributed by atoms with Crippen molar-refractivity contribution in [1.82, 2.24) is 4.90 Å². The van der Waals surface area contributed by atoms with Crippen LogP contribution in [-0.4, -0.2) is 53.1 Å². The van der Waals surface area contributed by atoms with Gasteiger partial charge in [0.05, 0.1) is 30.8 Å². The van der Waals surface area contributed by atoms with Gasteiger partial charge in [0.1, 0.15) is 5.60 Å². The molecule has 2 heterocycles. The molecule has 0 aromatic carbocycles. The van der Waals surface area contributed by atoms with Crippen molar-refractivity contribution in [3.8, 4) is 0 Å². The molecule has 1 aromatic heterocycles. The molecule has 1 aliphatic heterocycles. The minimum absolute atomic E-state index is 0.129. The molecule has 190 valence electrons. The molecule has 5 fully saturated rings. The Morgan fingerprint density at radius 2 is 1.85 bits per heavy atom. The highest BCUT2D eigenvalue weighted by atomic mass is 16.5. The lowest BCUT2D eigenvalue weighted by Crippen LogP contribution is -2.65. The summed E-state index contributed by atoms with van der Waals surface area (Å²) in [6.07, 6.45) is 15.1. The number of likely N-dealkylation sites (tertiary alicyclic amines) is 1. The molecule has 0 bridgehead atoms. The molecule has 5 heteroatoms. The number of aliphatic hydroxyl groups is 2. The molecule has 1 saturated heterocycles. The fraction of sp³-hybridized carbons (Fsp3) is 0.862. The molecule has 0 spiro atoms. The molecule has 1 aromatic rings. The number of ether oxygens (including phenoxy) is 1. The maximum Gasteiger partial charge on any atom is 0.104 e. The first-order chi connectivity index (χ1) is 16.3. The van der Waals surface area contributed by atoms with Crippen LogP contribution in [0.1, 0.15) is 90.0 Å². The van der Waals surface area contributed by atoms with Crippen LogP contribution in [0.2, 0.25) is 0 Å². The Morgan fingerprint density at radius 1 is 1.03 bits per heavy atom. The third-order valence-corrected chi connectivity index (χ3v) is 11.9. The number of hydrogen-bond donors (Lipinski definition) is 2. The number of aliphatic hydroxyl groups excluding tert-OH is 1. The van der Waals surface area contributed by atoms with Crippen molar-refractivity contribution < 1.29 is 19.4 Å². The van der Waals surface area contributed by atoms with Gasteiger partial charge in [-0.3, -0.25) is 0 Å². The highest BCUT2D eigenvalue weighted by molar-refractivity contribution is 5.31. The zero-order valence-electron chi connectivity index (χ0n) is 21.3. The summed E-state index contributed by atoms with van der Waals surface area (Å²) in [6, 6.07) is 2.08. The first-order valence-corrected chi connectivity index (χ1v) is 14.1. The van der Waals surface area contributed by atoms with Gasteiger partial charge in [-0.2, -0.15) is 0 Å². The third-order valence-electron chi connectivity index (χ3n) is 11.9. The Bertz CT molecular complexity index is 867. The van der Waals surface area contributed by atoms with Crippen LogP contribution in [0, 0.1) is 28.6 Å². The van der Waals surface area contributed by atoms with Crippen LogP contribution >= 0.6 is 0 Å². The minimum atomic E-state index is -0.717. The smallest absolute Gasteiger partial charge is 0.104 e. The molecule has 34 heavy (non-hydrogen) atoms. The average Bonchev–Trinajstić information content (AvgIpc) is 3.57. The average molecular weight is 472 g/mol. The monoisotopic (exact) mass is 471 g/mol. The molecule has 0 unspecified atom stereocenters. The van der Waals surface area contributed by atoms with Crippen molar-refractivity contribution >= 4 is 0 Å². The topological polar surface area (TPSA) is 66.1 Å². The Kier molecular flexibility index (Phi) is 5.76. The fourth-order valence-corrected chi connectivity index (χ4v) is 9.83. The van der Waals surface area contributed by atoms with Crippen molar-refractivity contribution in [2.24, 2.45) is 28.6 Å². The number of furan rings is 1. The minimum Gasteiger partial charge on any atom is -0.472 e. The predicted octanol–water partition coefficient (Wildman–Crippen LogP) is 5.11. The molecular weight excluding hydrogens is 426 g/mol. The molecule has 0 amide bonds. The van der Waals surface area contributed by atoms with Crippen molar-refractivity contribution in [2.75, 3.05) is 26.2 Å². The quantitative estimate of drug-likeness (QED) is 0.625. The van der Waals surface area contributed by atoms with Crippen molar-refractivity contribution in [3.05, 3.63) is 24.2 Å². The summed E-state index contributed by atoms with van der Waals surface area (Å²) in [5.74, 6) is 1.46. The molecule has 4 aliphatic carbocycles. The van der Waals surface area contributed by atoms with E-state index in [9.17, 15) is 10.2 Å². The maximum absolute atomic E-state index is 12.7. The van der Waals surface area contributed by atoms with Crippen LogP contribution in [0.25, 0.3) is 0 Å². The van der Waals surface area contributed by atoms with E-state index in [-0.39, 0.29) is 16.9 Å². The van der Waals surface area contributed by atoms with Crippen LogP contribution in [0.5, 0.6) is 0 Å². The zero-order chi connectivity index (χ0) is 23.6. The van der Waals surface area contributed by atoms with Gasteiger partial charge in [0.2, 0.25) is 0 Å². The van der Waals surface area contributed by atoms with Gasteiger partial charge in [-0.15, -0.1) is 0 Å². The lowest BCUT2D eigenvalue weighted by atomic mass is 9.43. The van der Waals surface area contributed by atoms with Gasteiger partial charge in [0.25, 0.3) is 0 Å². The largest absolute Gasteiger partial charge is 0.472 e. The van der Waals surface area contributed by atoms with Gasteiger partial charge in [-0.25, -0.2) is 0 Å². The highest BCUT2D eigenvalue weighted by Gasteiger charge is 2.73. The lowest BCUT2D eigenvalue weighted by molar-refractivity contribution is -0.249. The van der Waals surface area contributed by atoms with Gasteiger partial charge in [0, 0.05) is 17.5 Å². The Morgan fingerprint density at radius 3 is 2.62 bits per heavy atom. The molecule has 5 aliphatic rings. The Balaban J connectivity index is 1.31. The second-order valence-electron chi connectivity index (χ2n) is 13.0. The van der Waals surface area contributed by atoms with Gasteiger partial charge in [-0.1, -0.05) is 13.8 Å². The van der Waals surface area contributed by atoms with Crippen LogP contribution < -0.4 is 0 Å². The van der Waals surface area contributed by atoms with Crippen LogP contribution in [-0.2, 0) is 10.3 Å². The van der Waals surface area contributed by atoms with E-state index in [0.717, 1.165) is 69.9 Å². The second kappa shape index (κ2) is 8.33. The van der Waals surface area contributed by atoms with E-state index in [1.165, 1.54) is 25.9 Å². The van der Waals surface area contributed by atoms with E-state index < -0.39 is 11.2 Å². The number of nitrogens with zero attached hydrogens (tertiary/aromatic N) is 1. The first kappa shape index (κ1) is 23.5. The normalized spacial score (nSPS) is 48.9. The predicted molar refractivity (Wildman–Crippen MR) is 131 cm³/mol. The standard InChI is InChI=1S/C29H45NO4/c1-26-10-7-23(31)19-21(26)5-6-25-24(26)8-11-27(2)28(25,32)12-13-29(27,22-9-17-33-20-22)34-18-16-30-14-3-4-15-30/h9,17,20-21,23-25,31-32H,3-8,10-16,18-19H2,1-2H3/t21-,23-,24-,25+,26-,27-,28-,29-/m0/s1. The second-order valence-corrected chi connectivity index (χ2v) is 13.0. The van der Waals surface area contributed by atoms with E-state index in [2.05, 4.69) is 24.8 Å². The lowest BCUT2D eigenvalue weighted by Gasteiger charge is -2.64. The van der Waals surface area contributed by atoms with E-state index in [1.54, 1.807) is 6.26 Å². The summed E-state index contributed by atoms with van der Waals surface area (Å²) >= 11 is 0. The van der Waals surface area contributed by atoms with Gasteiger partial charge in [-0.05, 0) is 113 Å². The van der Waals surface area contributed by atoms with Gasteiger partial charge < -0.3 is 24.3 Å². The van der Waals surface area contributed by atoms with Gasteiger partial charge >= 0.3 is 0 Å². The third kappa shape index (κ3) is 3.19. The molecule has 6 rings (SSSR count). The summed E-state index contributed by atoms with van der Waals surface area (Å²) in [5, 5.41) is 23.1. The molecule has 0 radical (unpaired) electrons. The van der Waals surface area contributed by atoms with E-state index in [0.29, 0.717) is 24.4 Å². The van der Waals surface area contributed by atoms with E-state index in [4.69, 9.17) is 9.15 Å². The Labute approximate surface area is 205 Å². The van der Waals surface area contributed by atoms with Crippen molar-refractivity contribution in [1.29, 1.82) is 0 Å². The van der Waals surface area contributed by atoms with Crippen molar-refractivity contribution in [2.45, 2.75) is 102 Å². The van der Waals surface area contributed by atoms with Crippen LogP contribution in [0.15, 0.2) is 23.0 Å². The summed E-state index contributed by atoms with van der Waals surface area (Å²) in [4.78, 5) is 2.52. The summed E-state index contributed by atoms with van der Waals surface area (Å²) in [7, 11) is 0. The van der Waals surface area contributed by atoms with E-state index in [1.807, 2.05) is 6.26 Å². The summed E-state index contributed by atoms with van der Waals surface area (Å²) < 4.78 is 12.6. The van der Waals surface area contributed by atoms with Crippen LogP contribution in [0.4, 0.5) is 0 Å². The molecule has 4 saturated carbocycles. The number of fused-ring (bicyclic) bond motifs is 5. The summed E-state index contributed by atoms with van der Waals surface area (Å²) in [5.41, 5.74) is -0.166. The summed E-state index contributed by atoms with van der Waals surface area (Å²) in [6.45, 7) is 8.86. The van der Waals surface area contributed by atoms with Crippen molar-refractivity contribution in [3.63, 3.8) is 0 Å². The SMILES string of the molecule is C[C@]12CC[C@H](O)C[C@@H]1CC[C@@H]1[C@@H]2CC[C@]2(C)[C@@](OCCN3CCCC3)(c3ccoc3)CC[C@]12O. The first-order valence-electron chi connectivity index (χ1n) is 14.1. The Hall–Kier alpha value is -0.880. The zero-order valence-corrected chi connectivity index (χ0v) is 21.3.